The molecule has 106 valence electrons. The fourth-order valence-corrected chi connectivity index (χ4v) is 2.80. The van der Waals surface area contributed by atoms with Crippen LogP contribution in [0, 0.1) is 5.82 Å². The van der Waals surface area contributed by atoms with Crippen LogP contribution in [0.3, 0.4) is 0 Å². The van der Waals surface area contributed by atoms with Crippen LogP contribution in [0.1, 0.15) is 16.0 Å². The zero-order chi connectivity index (χ0) is 14.7. The number of benzene rings is 2. The van der Waals surface area contributed by atoms with Gasteiger partial charge in [0.1, 0.15) is 17.3 Å². The Morgan fingerprint density at radius 3 is 2.40 bits per heavy atom. The molecule has 2 aromatic carbocycles. The maximum Gasteiger partial charge on any atom is 0.129 e. The van der Waals surface area contributed by atoms with E-state index in [1.54, 1.807) is 38.5 Å². The van der Waals surface area contributed by atoms with Gasteiger partial charge in [-0.3, -0.25) is 0 Å². The van der Waals surface area contributed by atoms with Crippen LogP contribution < -0.4 is 9.47 Å². The monoisotopic (exact) mass is 358 g/mol. The van der Waals surface area contributed by atoms with Crippen LogP contribution in [-0.4, -0.2) is 14.2 Å². The second-order valence-electron chi connectivity index (χ2n) is 4.14. The molecule has 2 aromatic rings. The lowest BCUT2D eigenvalue weighted by atomic mass is 10.0. The van der Waals surface area contributed by atoms with E-state index in [0.717, 1.165) is 5.56 Å². The Kier molecular flexibility index (Phi) is 4.89. The van der Waals surface area contributed by atoms with Gasteiger partial charge in [0, 0.05) is 16.1 Å². The van der Waals surface area contributed by atoms with Crippen molar-refractivity contribution in [3.63, 3.8) is 0 Å². The molecule has 0 aliphatic heterocycles. The lowest BCUT2D eigenvalue weighted by molar-refractivity contribution is 0.399. The molecule has 1 atom stereocenters. The van der Waals surface area contributed by atoms with Crippen molar-refractivity contribution in [2.45, 2.75) is 4.83 Å². The molecule has 2 nitrogen and oxygen atoms in total. The topological polar surface area (TPSA) is 18.5 Å². The van der Waals surface area contributed by atoms with Crippen molar-refractivity contribution >= 4 is 27.5 Å². The number of ether oxygens (including phenoxy) is 2. The minimum Gasteiger partial charge on any atom is -0.497 e. The molecule has 0 saturated carbocycles. The Morgan fingerprint density at radius 1 is 1.05 bits per heavy atom. The molecule has 0 aromatic heterocycles. The average Bonchev–Trinajstić information content (AvgIpc) is 2.46. The van der Waals surface area contributed by atoms with Crippen LogP contribution in [0.2, 0.25) is 5.02 Å². The fourth-order valence-electron chi connectivity index (χ4n) is 1.91. The zero-order valence-corrected chi connectivity index (χ0v) is 13.3. The Morgan fingerprint density at radius 2 is 1.80 bits per heavy atom. The predicted molar refractivity (Wildman–Crippen MR) is 81.7 cm³/mol. The van der Waals surface area contributed by atoms with Crippen molar-refractivity contribution in [2.75, 3.05) is 14.2 Å². The van der Waals surface area contributed by atoms with Crippen molar-refractivity contribution in [1.82, 2.24) is 0 Å². The Labute approximate surface area is 130 Å². The number of halogens is 3. The number of hydrogen-bond acceptors (Lipinski definition) is 2. The van der Waals surface area contributed by atoms with Gasteiger partial charge < -0.3 is 9.47 Å². The summed E-state index contributed by atoms with van der Waals surface area (Å²) < 4.78 is 24.5. The average molecular weight is 360 g/mol. The van der Waals surface area contributed by atoms with Crippen molar-refractivity contribution in [3.8, 4) is 11.5 Å². The highest BCUT2D eigenvalue weighted by Crippen LogP contribution is 2.39. The summed E-state index contributed by atoms with van der Waals surface area (Å²) in [5.74, 6) is 0.964. The molecule has 0 saturated heterocycles. The minimum atomic E-state index is -0.371. The van der Waals surface area contributed by atoms with Gasteiger partial charge in [0.2, 0.25) is 0 Å². The third-order valence-electron chi connectivity index (χ3n) is 2.95. The van der Waals surface area contributed by atoms with E-state index in [9.17, 15) is 4.39 Å². The van der Waals surface area contributed by atoms with Gasteiger partial charge in [0.15, 0.2) is 0 Å². The van der Waals surface area contributed by atoms with Crippen LogP contribution in [0.15, 0.2) is 36.4 Å². The summed E-state index contributed by atoms with van der Waals surface area (Å²) in [5, 5.41) is 0.364. The smallest absolute Gasteiger partial charge is 0.129 e. The molecule has 0 N–H and O–H groups in total. The summed E-state index contributed by atoms with van der Waals surface area (Å²) in [6.07, 6.45) is 0. The molecule has 0 aliphatic rings. The third kappa shape index (κ3) is 3.07. The normalized spacial score (nSPS) is 12.1. The molecule has 0 spiro atoms. The molecule has 0 heterocycles. The highest BCUT2D eigenvalue weighted by Gasteiger charge is 2.19. The molecule has 2 rings (SSSR count). The van der Waals surface area contributed by atoms with Crippen LogP contribution in [-0.2, 0) is 0 Å². The largest absolute Gasteiger partial charge is 0.497 e. The van der Waals surface area contributed by atoms with Crippen LogP contribution in [0.4, 0.5) is 4.39 Å². The molecule has 0 fully saturated rings. The number of rotatable bonds is 4. The number of alkyl halides is 1. The summed E-state index contributed by atoms with van der Waals surface area (Å²) in [6.45, 7) is 0. The first-order valence-corrected chi connectivity index (χ1v) is 7.17. The fraction of sp³-hybridized carbons (Fsp3) is 0.200. The summed E-state index contributed by atoms with van der Waals surface area (Å²) in [6, 6.07) is 9.98. The first-order valence-electron chi connectivity index (χ1n) is 5.87. The van der Waals surface area contributed by atoms with Crippen molar-refractivity contribution < 1.29 is 13.9 Å². The number of hydrogen-bond donors (Lipinski definition) is 0. The number of methoxy groups -OCH3 is 2. The summed E-state index contributed by atoms with van der Waals surface area (Å²) in [5.41, 5.74) is 1.27. The van der Waals surface area contributed by atoms with E-state index >= 15 is 0 Å². The van der Waals surface area contributed by atoms with E-state index in [0.29, 0.717) is 22.1 Å². The third-order valence-corrected chi connectivity index (χ3v) is 4.17. The first-order chi connectivity index (χ1) is 9.56. The minimum absolute atomic E-state index is 0.357. The van der Waals surface area contributed by atoms with Gasteiger partial charge in [0.25, 0.3) is 0 Å². The second-order valence-corrected chi connectivity index (χ2v) is 5.49. The quantitative estimate of drug-likeness (QED) is 0.717. The molecule has 0 amide bonds. The molecule has 0 bridgehead atoms. The van der Waals surface area contributed by atoms with Crippen molar-refractivity contribution in [1.29, 1.82) is 0 Å². The Balaban J connectivity index is 2.48. The maximum atomic E-state index is 14.0. The maximum absolute atomic E-state index is 14.0. The lowest BCUT2D eigenvalue weighted by Crippen LogP contribution is -2.00. The van der Waals surface area contributed by atoms with E-state index in [2.05, 4.69) is 15.9 Å². The van der Waals surface area contributed by atoms with Gasteiger partial charge in [0.05, 0.1) is 19.0 Å². The molecule has 20 heavy (non-hydrogen) atoms. The van der Waals surface area contributed by atoms with Crippen LogP contribution in [0.5, 0.6) is 11.5 Å². The molecule has 5 heteroatoms. The summed E-state index contributed by atoms with van der Waals surface area (Å²) in [4.78, 5) is -0.357. The first kappa shape index (κ1) is 15.1. The van der Waals surface area contributed by atoms with Gasteiger partial charge in [-0.2, -0.15) is 0 Å². The predicted octanol–water partition coefficient (Wildman–Crippen LogP) is 4.98. The molecule has 0 aliphatic carbocycles. The molecular formula is C15H13BrClFO2. The SMILES string of the molecule is COc1ccc(OC)c(C(Br)c2ccc(Cl)cc2F)c1. The van der Waals surface area contributed by atoms with Crippen molar-refractivity contribution in [2.24, 2.45) is 0 Å². The Hall–Kier alpha value is -1.26. The van der Waals surface area contributed by atoms with E-state index in [-0.39, 0.29) is 10.6 Å². The second kappa shape index (κ2) is 6.46. The Bertz CT molecular complexity index is 619. The standard InChI is InChI=1S/C15H13BrClFO2/c1-19-10-4-6-14(20-2)12(8-10)15(16)11-5-3-9(17)7-13(11)18/h3-8,15H,1-2H3. The van der Waals surface area contributed by atoms with Gasteiger partial charge in [-0.05, 0) is 30.3 Å². The van der Waals surface area contributed by atoms with Gasteiger partial charge in [-0.15, -0.1) is 0 Å². The van der Waals surface area contributed by atoms with Gasteiger partial charge >= 0.3 is 0 Å². The zero-order valence-electron chi connectivity index (χ0n) is 11.0. The van der Waals surface area contributed by atoms with E-state index in [1.807, 2.05) is 6.07 Å². The van der Waals surface area contributed by atoms with E-state index in [4.69, 9.17) is 21.1 Å². The van der Waals surface area contributed by atoms with Gasteiger partial charge in [-0.25, -0.2) is 4.39 Å². The van der Waals surface area contributed by atoms with Crippen LogP contribution >= 0.6 is 27.5 Å². The van der Waals surface area contributed by atoms with E-state index < -0.39 is 0 Å². The lowest BCUT2D eigenvalue weighted by Gasteiger charge is -2.16. The highest BCUT2D eigenvalue weighted by atomic mass is 79.9. The molecular weight excluding hydrogens is 347 g/mol. The molecule has 0 radical (unpaired) electrons. The highest BCUT2D eigenvalue weighted by molar-refractivity contribution is 9.09. The summed E-state index contributed by atoms with van der Waals surface area (Å²) in [7, 11) is 3.15. The van der Waals surface area contributed by atoms with Gasteiger partial charge in [-0.1, -0.05) is 33.6 Å². The van der Waals surface area contributed by atoms with E-state index in [1.165, 1.54) is 6.07 Å². The van der Waals surface area contributed by atoms with Crippen LogP contribution in [0.25, 0.3) is 0 Å². The van der Waals surface area contributed by atoms with Crippen molar-refractivity contribution in [3.05, 3.63) is 58.4 Å². The summed E-state index contributed by atoms with van der Waals surface area (Å²) >= 11 is 9.28. The molecule has 1 unspecified atom stereocenters.